The SMILES string of the molecule is O=C(NN=Cc1cn(-c2ccccc2)nc1-c1cccnc1)c1cc(Cl)ccc1Cl. The lowest BCUT2D eigenvalue weighted by atomic mass is 10.1. The molecule has 0 fully saturated rings. The lowest BCUT2D eigenvalue weighted by Gasteiger charge is -2.03. The van der Waals surface area contributed by atoms with Crippen molar-refractivity contribution in [3.05, 3.63) is 100 Å². The van der Waals surface area contributed by atoms with Crippen LogP contribution in [0.3, 0.4) is 0 Å². The highest BCUT2D eigenvalue weighted by Gasteiger charge is 2.13. The van der Waals surface area contributed by atoms with Gasteiger partial charge in [-0.3, -0.25) is 9.78 Å². The van der Waals surface area contributed by atoms with Crippen molar-refractivity contribution in [3.63, 3.8) is 0 Å². The first-order chi connectivity index (χ1) is 14.6. The third-order valence-corrected chi connectivity index (χ3v) is 4.81. The molecule has 0 saturated heterocycles. The second kappa shape index (κ2) is 8.90. The minimum absolute atomic E-state index is 0.244. The lowest BCUT2D eigenvalue weighted by Crippen LogP contribution is -2.18. The number of nitrogens with one attached hydrogen (secondary N) is 1. The maximum atomic E-state index is 12.4. The van der Waals surface area contributed by atoms with Gasteiger partial charge in [0.1, 0.15) is 5.69 Å². The maximum Gasteiger partial charge on any atom is 0.272 e. The number of benzene rings is 2. The third kappa shape index (κ3) is 4.40. The normalized spacial score (nSPS) is 11.0. The number of carbonyl (C=O) groups excluding carboxylic acids is 1. The van der Waals surface area contributed by atoms with E-state index in [0.29, 0.717) is 21.3 Å². The Morgan fingerprint density at radius 2 is 1.90 bits per heavy atom. The summed E-state index contributed by atoms with van der Waals surface area (Å²) in [5, 5.41) is 9.45. The van der Waals surface area contributed by atoms with Crippen LogP contribution in [-0.4, -0.2) is 26.9 Å². The van der Waals surface area contributed by atoms with E-state index in [4.69, 9.17) is 23.2 Å². The van der Waals surface area contributed by atoms with Gasteiger partial charge in [-0.2, -0.15) is 10.2 Å². The maximum absolute atomic E-state index is 12.4. The van der Waals surface area contributed by atoms with Crippen LogP contribution in [-0.2, 0) is 0 Å². The predicted molar refractivity (Wildman–Crippen MR) is 118 cm³/mol. The molecule has 0 aliphatic rings. The summed E-state index contributed by atoms with van der Waals surface area (Å²) >= 11 is 12.0. The Labute approximate surface area is 182 Å². The van der Waals surface area contributed by atoms with Crippen LogP contribution >= 0.6 is 23.2 Å². The summed E-state index contributed by atoms with van der Waals surface area (Å²) in [7, 11) is 0. The molecule has 0 unspecified atom stereocenters. The Bertz CT molecular complexity index is 1210. The number of amides is 1. The third-order valence-electron chi connectivity index (χ3n) is 4.24. The predicted octanol–water partition coefficient (Wildman–Crippen LogP) is 5.01. The molecule has 148 valence electrons. The molecule has 0 saturated carbocycles. The fraction of sp³-hybridized carbons (Fsp3) is 0. The van der Waals surface area contributed by atoms with E-state index >= 15 is 0 Å². The number of carbonyl (C=O) groups is 1. The molecule has 30 heavy (non-hydrogen) atoms. The molecule has 0 aliphatic heterocycles. The van der Waals surface area contributed by atoms with E-state index in [1.54, 1.807) is 29.2 Å². The average Bonchev–Trinajstić information content (AvgIpc) is 3.21. The van der Waals surface area contributed by atoms with Crippen molar-refractivity contribution < 1.29 is 4.79 Å². The Morgan fingerprint density at radius 1 is 1.07 bits per heavy atom. The van der Waals surface area contributed by atoms with Crippen LogP contribution in [0.5, 0.6) is 0 Å². The van der Waals surface area contributed by atoms with E-state index in [9.17, 15) is 4.79 Å². The summed E-state index contributed by atoms with van der Waals surface area (Å²) in [6.45, 7) is 0. The van der Waals surface area contributed by atoms with Crippen LogP contribution in [0.2, 0.25) is 10.0 Å². The van der Waals surface area contributed by atoms with Crippen molar-refractivity contribution in [3.8, 4) is 16.9 Å². The number of halogens is 2. The van der Waals surface area contributed by atoms with Gasteiger partial charge < -0.3 is 0 Å². The van der Waals surface area contributed by atoms with E-state index in [2.05, 4.69) is 20.6 Å². The molecule has 0 radical (unpaired) electrons. The molecule has 6 nitrogen and oxygen atoms in total. The molecular weight excluding hydrogens is 421 g/mol. The van der Waals surface area contributed by atoms with E-state index in [1.165, 1.54) is 12.3 Å². The molecule has 2 aromatic heterocycles. The summed E-state index contributed by atoms with van der Waals surface area (Å²) in [5.74, 6) is -0.461. The van der Waals surface area contributed by atoms with Gasteiger partial charge in [0.15, 0.2) is 0 Å². The quantitative estimate of drug-likeness (QED) is 0.353. The number of rotatable bonds is 5. The largest absolute Gasteiger partial charge is 0.272 e. The second-order valence-electron chi connectivity index (χ2n) is 6.28. The fourth-order valence-corrected chi connectivity index (χ4v) is 3.19. The van der Waals surface area contributed by atoms with Crippen LogP contribution in [0.4, 0.5) is 0 Å². The first-order valence-corrected chi connectivity index (χ1v) is 9.71. The molecule has 1 N–H and O–H groups in total. The molecular formula is C22H15Cl2N5O. The van der Waals surface area contributed by atoms with E-state index in [0.717, 1.165) is 11.3 Å². The van der Waals surface area contributed by atoms with Crippen molar-refractivity contribution in [1.29, 1.82) is 0 Å². The number of para-hydroxylation sites is 1. The van der Waals surface area contributed by atoms with Gasteiger partial charge in [-0.1, -0.05) is 41.4 Å². The fourth-order valence-electron chi connectivity index (χ4n) is 2.81. The summed E-state index contributed by atoms with van der Waals surface area (Å²) < 4.78 is 1.75. The van der Waals surface area contributed by atoms with Crippen LogP contribution in [0, 0.1) is 0 Å². The molecule has 0 spiro atoms. The number of hydrazone groups is 1. The van der Waals surface area contributed by atoms with Gasteiger partial charge in [0, 0.05) is 34.7 Å². The number of pyridine rings is 1. The lowest BCUT2D eigenvalue weighted by molar-refractivity contribution is 0.0955. The zero-order valence-electron chi connectivity index (χ0n) is 15.5. The highest BCUT2D eigenvalue weighted by atomic mass is 35.5. The van der Waals surface area contributed by atoms with Gasteiger partial charge in [0.2, 0.25) is 0 Å². The van der Waals surface area contributed by atoms with Crippen LogP contribution < -0.4 is 5.43 Å². The number of hydrogen-bond acceptors (Lipinski definition) is 4. The van der Waals surface area contributed by atoms with Crippen LogP contribution in [0.25, 0.3) is 16.9 Å². The van der Waals surface area contributed by atoms with Gasteiger partial charge in [-0.25, -0.2) is 10.1 Å². The highest BCUT2D eigenvalue weighted by molar-refractivity contribution is 6.35. The Hall–Kier alpha value is -3.48. The Morgan fingerprint density at radius 3 is 2.67 bits per heavy atom. The van der Waals surface area contributed by atoms with Crippen molar-refractivity contribution >= 4 is 35.3 Å². The average molecular weight is 436 g/mol. The zero-order valence-corrected chi connectivity index (χ0v) is 17.0. The molecule has 2 heterocycles. The van der Waals surface area contributed by atoms with Crippen molar-refractivity contribution in [1.82, 2.24) is 20.2 Å². The Balaban J connectivity index is 1.63. The summed E-state index contributed by atoms with van der Waals surface area (Å²) in [6.07, 6.45) is 6.78. The number of hydrogen-bond donors (Lipinski definition) is 1. The smallest absolute Gasteiger partial charge is 0.267 e. The van der Waals surface area contributed by atoms with Crippen LogP contribution in [0.1, 0.15) is 15.9 Å². The number of aromatic nitrogens is 3. The zero-order chi connectivity index (χ0) is 20.9. The van der Waals surface area contributed by atoms with Crippen LogP contribution in [0.15, 0.2) is 84.4 Å². The minimum Gasteiger partial charge on any atom is -0.267 e. The van der Waals surface area contributed by atoms with Crippen molar-refractivity contribution in [2.75, 3.05) is 0 Å². The number of nitrogens with zero attached hydrogens (tertiary/aromatic N) is 4. The van der Waals surface area contributed by atoms with Gasteiger partial charge in [0.25, 0.3) is 5.91 Å². The van der Waals surface area contributed by atoms with E-state index < -0.39 is 5.91 Å². The summed E-state index contributed by atoms with van der Waals surface area (Å²) in [4.78, 5) is 16.6. The molecule has 0 aliphatic carbocycles. The van der Waals surface area contributed by atoms with Gasteiger partial charge in [-0.05, 0) is 42.5 Å². The molecule has 0 bridgehead atoms. The standard InChI is InChI=1S/C22H15Cl2N5O/c23-17-8-9-20(24)19(11-17)22(30)27-26-13-16-14-29(18-6-2-1-3-7-18)28-21(16)15-5-4-10-25-12-15/h1-14H,(H,27,30). The van der Waals surface area contributed by atoms with Gasteiger partial charge in [0.05, 0.1) is 22.5 Å². The van der Waals surface area contributed by atoms with E-state index in [1.807, 2.05) is 48.7 Å². The highest BCUT2D eigenvalue weighted by Crippen LogP contribution is 2.22. The first kappa shape index (κ1) is 19.8. The molecule has 2 aromatic carbocycles. The molecule has 0 atom stereocenters. The van der Waals surface area contributed by atoms with Crippen molar-refractivity contribution in [2.45, 2.75) is 0 Å². The summed E-state index contributed by atoms with van der Waals surface area (Å²) in [5.41, 5.74) is 5.85. The molecule has 1 amide bonds. The molecule has 4 aromatic rings. The van der Waals surface area contributed by atoms with Gasteiger partial charge in [-0.15, -0.1) is 0 Å². The Kier molecular flexibility index (Phi) is 5.88. The van der Waals surface area contributed by atoms with E-state index in [-0.39, 0.29) is 5.56 Å². The summed E-state index contributed by atoms with van der Waals surface area (Å²) in [6, 6.07) is 18.1. The first-order valence-electron chi connectivity index (χ1n) is 8.96. The monoisotopic (exact) mass is 435 g/mol. The molecule has 8 heteroatoms. The topological polar surface area (TPSA) is 72.2 Å². The van der Waals surface area contributed by atoms with Gasteiger partial charge >= 0.3 is 0 Å². The second-order valence-corrected chi connectivity index (χ2v) is 7.12. The molecule has 4 rings (SSSR count). The van der Waals surface area contributed by atoms with Crippen molar-refractivity contribution in [2.24, 2.45) is 5.10 Å². The minimum atomic E-state index is -0.461.